The molecule has 0 radical (unpaired) electrons. The van der Waals surface area contributed by atoms with Crippen LogP contribution in [0.1, 0.15) is 48.8 Å². The first-order chi connectivity index (χ1) is 18.8. The zero-order valence-corrected chi connectivity index (χ0v) is 23.2. The van der Waals surface area contributed by atoms with Gasteiger partial charge < -0.3 is 33.5 Å². The minimum atomic E-state index is -1.49. The van der Waals surface area contributed by atoms with Gasteiger partial charge in [-0.1, -0.05) is 0 Å². The number of phenols is 1. The number of aryl methyl sites for hydroxylation is 1. The Bertz CT molecular complexity index is 1270. The molecule has 3 rings (SSSR count). The van der Waals surface area contributed by atoms with Crippen molar-refractivity contribution in [2.75, 3.05) is 6.61 Å². The summed E-state index contributed by atoms with van der Waals surface area (Å²) in [6.45, 7) is 5.86. The molecule has 14 heteroatoms. The van der Waals surface area contributed by atoms with Gasteiger partial charge in [0.25, 0.3) is 0 Å². The maximum atomic E-state index is 12.7. The normalized spacial score (nSPS) is 22.1. The molecule has 1 aromatic heterocycles. The Kier molecular flexibility index (Phi) is 10.2. The van der Waals surface area contributed by atoms with Crippen molar-refractivity contribution in [3.63, 3.8) is 0 Å². The molecular weight excluding hydrogens is 550 g/mol. The van der Waals surface area contributed by atoms with E-state index in [9.17, 15) is 29.1 Å². The number of ketones is 1. The van der Waals surface area contributed by atoms with Gasteiger partial charge in [0.1, 0.15) is 24.2 Å². The van der Waals surface area contributed by atoms with E-state index in [4.69, 9.17) is 28.4 Å². The highest BCUT2D eigenvalue weighted by Gasteiger charge is 2.53. The summed E-state index contributed by atoms with van der Waals surface area (Å²) in [6, 6.07) is 3.89. The molecule has 40 heavy (non-hydrogen) atoms. The summed E-state index contributed by atoms with van der Waals surface area (Å²) in [5.74, 6) is -3.77. The first-order valence-corrected chi connectivity index (χ1v) is 13.0. The number of benzene rings is 1. The Labute approximate surface area is 233 Å². The molecule has 1 N–H and O–H groups in total. The summed E-state index contributed by atoms with van der Waals surface area (Å²) < 4.78 is 32.8. The molecule has 2 aromatic rings. The van der Waals surface area contributed by atoms with E-state index < -0.39 is 61.2 Å². The van der Waals surface area contributed by atoms with Crippen molar-refractivity contribution in [3.05, 3.63) is 39.8 Å². The number of hydrogen-bond donors (Lipinski definition) is 1. The Balaban J connectivity index is 1.91. The summed E-state index contributed by atoms with van der Waals surface area (Å²) in [6.07, 6.45) is -6.91. The minimum absolute atomic E-state index is 0.000507. The van der Waals surface area contributed by atoms with Crippen LogP contribution < -0.4 is 4.74 Å². The number of esters is 4. The van der Waals surface area contributed by atoms with Gasteiger partial charge >= 0.3 is 23.9 Å². The zero-order chi connectivity index (χ0) is 29.6. The first-order valence-electron chi connectivity index (χ1n) is 12.1. The van der Waals surface area contributed by atoms with Crippen LogP contribution in [0, 0.1) is 6.92 Å². The van der Waals surface area contributed by atoms with Crippen LogP contribution in [0.15, 0.2) is 23.6 Å². The van der Waals surface area contributed by atoms with Crippen molar-refractivity contribution in [2.24, 2.45) is 0 Å². The van der Waals surface area contributed by atoms with Crippen molar-refractivity contribution in [1.29, 1.82) is 0 Å². The highest BCUT2D eigenvalue weighted by molar-refractivity contribution is 7.09. The maximum absolute atomic E-state index is 12.7. The average molecular weight is 580 g/mol. The summed E-state index contributed by atoms with van der Waals surface area (Å²) >= 11 is 1.40. The molecule has 0 unspecified atom stereocenters. The molecular formula is C26H29NO12S. The monoisotopic (exact) mass is 579 g/mol. The number of carbonyl (C=O) groups excluding carboxylic acids is 5. The second kappa shape index (κ2) is 13.3. The molecule has 0 aliphatic carbocycles. The van der Waals surface area contributed by atoms with Gasteiger partial charge in [-0.3, -0.25) is 24.0 Å². The molecule has 1 fully saturated rings. The summed E-state index contributed by atoms with van der Waals surface area (Å²) in [5.41, 5.74) is 0.601. The smallest absolute Gasteiger partial charge is 0.303 e. The van der Waals surface area contributed by atoms with Gasteiger partial charge in [-0.05, 0) is 19.1 Å². The van der Waals surface area contributed by atoms with E-state index in [0.717, 1.165) is 38.8 Å². The lowest BCUT2D eigenvalue weighted by Gasteiger charge is -2.43. The first kappa shape index (κ1) is 30.5. The van der Waals surface area contributed by atoms with Crippen LogP contribution in [0.2, 0.25) is 0 Å². The minimum Gasteiger partial charge on any atom is -0.507 e. The van der Waals surface area contributed by atoms with E-state index in [0.29, 0.717) is 5.69 Å². The summed E-state index contributed by atoms with van der Waals surface area (Å²) in [4.78, 5) is 64.2. The van der Waals surface area contributed by atoms with Crippen LogP contribution in [-0.4, -0.2) is 77.1 Å². The lowest BCUT2D eigenvalue weighted by atomic mass is 9.98. The molecule has 1 aliphatic rings. The van der Waals surface area contributed by atoms with E-state index in [2.05, 4.69) is 4.98 Å². The van der Waals surface area contributed by atoms with E-state index in [1.54, 1.807) is 5.38 Å². The molecule has 1 aliphatic heterocycles. The van der Waals surface area contributed by atoms with Crippen LogP contribution in [0.5, 0.6) is 11.5 Å². The second-order valence-corrected chi connectivity index (χ2v) is 9.88. The molecule has 0 amide bonds. The van der Waals surface area contributed by atoms with Crippen molar-refractivity contribution >= 4 is 41.0 Å². The SMILES string of the molecule is CC(=O)OC[C@H]1O[C@@H](Oc2ccc(C(=O)Cc3csc(C)n3)c(O)c2)[C@@H](OC(C)=O)[C@@H](OC(C)=O)[C@@H]1OC(C)=O. The lowest BCUT2D eigenvalue weighted by Crippen LogP contribution is -2.63. The van der Waals surface area contributed by atoms with Crippen molar-refractivity contribution < 1.29 is 57.5 Å². The standard InChI is InChI=1S/C26H29NO12S/c1-12-27-17(11-40-12)8-20(32)19-7-6-18(9-21(19)33)38-26-25(37-16(5)31)24(36-15(4)30)23(35-14(3)29)22(39-26)10-34-13(2)28/h6-7,9,11,22-26,33H,8,10H2,1-5H3/t22-,23-,24+,25+,26-/m1/s1. The molecule has 2 heterocycles. The lowest BCUT2D eigenvalue weighted by molar-refractivity contribution is -0.288. The summed E-state index contributed by atoms with van der Waals surface area (Å²) in [5, 5.41) is 13.1. The van der Waals surface area contributed by atoms with Crippen molar-refractivity contribution in [1.82, 2.24) is 4.98 Å². The zero-order valence-electron chi connectivity index (χ0n) is 22.4. The fourth-order valence-electron chi connectivity index (χ4n) is 3.99. The molecule has 0 saturated carbocycles. The van der Waals surface area contributed by atoms with Gasteiger partial charge in [0, 0.05) is 39.1 Å². The molecule has 13 nitrogen and oxygen atoms in total. The van der Waals surface area contributed by atoms with E-state index in [1.807, 2.05) is 6.92 Å². The predicted octanol–water partition coefficient (Wildman–Crippen LogP) is 2.04. The molecule has 216 valence electrons. The average Bonchev–Trinajstić information content (AvgIpc) is 3.25. The van der Waals surface area contributed by atoms with E-state index >= 15 is 0 Å². The number of rotatable bonds is 10. The number of aromatic nitrogens is 1. The van der Waals surface area contributed by atoms with Gasteiger partial charge in [-0.25, -0.2) is 4.98 Å². The number of nitrogens with zero attached hydrogens (tertiary/aromatic N) is 1. The number of Topliss-reactive ketones (excluding diaryl/α,β-unsaturated/α-hetero) is 1. The number of ether oxygens (including phenoxy) is 6. The van der Waals surface area contributed by atoms with Gasteiger partial charge in [0.2, 0.25) is 12.4 Å². The second-order valence-electron chi connectivity index (χ2n) is 8.82. The fourth-order valence-corrected chi connectivity index (χ4v) is 4.60. The van der Waals surface area contributed by atoms with Crippen LogP contribution in [-0.2, 0) is 49.3 Å². The third-order valence-corrected chi connectivity index (χ3v) is 6.30. The number of hydrogen-bond acceptors (Lipinski definition) is 14. The number of thiazole rings is 1. The van der Waals surface area contributed by atoms with E-state index in [-0.39, 0.29) is 29.3 Å². The largest absolute Gasteiger partial charge is 0.507 e. The van der Waals surface area contributed by atoms with E-state index in [1.165, 1.54) is 23.5 Å². The fraction of sp³-hybridized carbons (Fsp3) is 0.462. The molecule has 5 atom stereocenters. The Morgan fingerprint density at radius 3 is 2.10 bits per heavy atom. The van der Waals surface area contributed by atoms with Crippen LogP contribution in [0.4, 0.5) is 0 Å². The predicted molar refractivity (Wildman–Crippen MR) is 136 cm³/mol. The molecule has 0 spiro atoms. The Morgan fingerprint density at radius 1 is 0.925 bits per heavy atom. The third-order valence-electron chi connectivity index (χ3n) is 5.48. The highest BCUT2D eigenvalue weighted by Crippen LogP contribution is 2.33. The molecule has 0 bridgehead atoms. The number of carbonyl (C=O) groups is 5. The summed E-state index contributed by atoms with van der Waals surface area (Å²) in [7, 11) is 0. The highest BCUT2D eigenvalue weighted by atomic mass is 32.1. The van der Waals surface area contributed by atoms with Crippen LogP contribution in [0.25, 0.3) is 0 Å². The maximum Gasteiger partial charge on any atom is 0.303 e. The topological polar surface area (TPSA) is 174 Å². The van der Waals surface area contributed by atoms with Gasteiger partial charge in [0.05, 0.1) is 22.7 Å². The Hall–Kier alpha value is -4.04. The van der Waals surface area contributed by atoms with Gasteiger partial charge in [0.15, 0.2) is 18.0 Å². The molecule has 1 aromatic carbocycles. The number of phenolic OH excluding ortho intramolecular Hbond substituents is 1. The van der Waals surface area contributed by atoms with Crippen molar-refractivity contribution in [2.45, 2.75) is 71.7 Å². The number of aromatic hydroxyl groups is 1. The van der Waals surface area contributed by atoms with Crippen LogP contribution in [0.3, 0.4) is 0 Å². The van der Waals surface area contributed by atoms with Crippen molar-refractivity contribution in [3.8, 4) is 11.5 Å². The third kappa shape index (κ3) is 8.23. The quantitative estimate of drug-likeness (QED) is 0.246. The molecule has 1 saturated heterocycles. The van der Waals surface area contributed by atoms with Gasteiger partial charge in [-0.15, -0.1) is 11.3 Å². The van der Waals surface area contributed by atoms with Crippen LogP contribution >= 0.6 is 11.3 Å². The Morgan fingerprint density at radius 2 is 1.55 bits per heavy atom. The van der Waals surface area contributed by atoms with Gasteiger partial charge in [-0.2, -0.15) is 0 Å².